The second kappa shape index (κ2) is 10.9. The fourth-order valence-corrected chi connectivity index (χ4v) is 5.01. The number of aromatic hydroxyl groups is 1. The molecule has 40 heavy (non-hydrogen) atoms. The number of halogens is 2. The van der Waals surface area contributed by atoms with E-state index in [9.17, 15) is 19.1 Å². The molecular weight excluding hydrogens is 514 g/mol. The molecular formula is C29H30F2N8O. The number of nitrogens with two attached hydrogens (primary N) is 1. The van der Waals surface area contributed by atoms with Gasteiger partial charge in [0.25, 0.3) is 5.92 Å². The molecule has 2 aromatic heterocycles. The van der Waals surface area contributed by atoms with Crippen molar-refractivity contribution in [3.8, 4) is 34.9 Å². The number of pyridine rings is 1. The highest BCUT2D eigenvalue weighted by atomic mass is 19.3. The topological polar surface area (TPSA) is 118 Å². The van der Waals surface area contributed by atoms with Gasteiger partial charge in [0.2, 0.25) is 0 Å². The highest BCUT2D eigenvalue weighted by molar-refractivity contribution is 5.74. The zero-order valence-electron chi connectivity index (χ0n) is 22.3. The summed E-state index contributed by atoms with van der Waals surface area (Å²) in [4.78, 5) is 10.6. The van der Waals surface area contributed by atoms with Gasteiger partial charge >= 0.3 is 0 Å². The summed E-state index contributed by atoms with van der Waals surface area (Å²) in [7, 11) is 0. The third kappa shape index (κ3) is 5.33. The molecule has 9 nitrogen and oxygen atoms in total. The quantitative estimate of drug-likeness (QED) is 0.476. The molecule has 0 unspecified atom stereocenters. The number of phenols is 1. The average Bonchev–Trinajstić information content (AvgIpc) is 3.14. The molecule has 5 rings (SSSR count). The van der Waals surface area contributed by atoms with E-state index in [4.69, 9.17) is 10.7 Å². The van der Waals surface area contributed by atoms with Crippen molar-refractivity contribution in [2.45, 2.75) is 38.3 Å². The lowest BCUT2D eigenvalue weighted by molar-refractivity contribution is -0.171. The third-order valence-electron chi connectivity index (χ3n) is 7.64. The molecule has 11 heteroatoms. The molecule has 0 saturated carbocycles. The molecule has 206 valence electrons. The van der Waals surface area contributed by atoms with Crippen LogP contribution in [0.5, 0.6) is 5.75 Å². The van der Waals surface area contributed by atoms with Gasteiger partial charge in [0.15, 0.2) is 5.82 Å². The summed E-state index contributed by atoms with van der Waals surface area (Å²) in [5, 5.41) is 28.2. The van der Waals surface area contributed by atoms with E-state index in [1.54, 1.807) is 29.2 Å². The molecule has 2 atom stereocenters. The number of benzene rings is 1. The van der Waals surface area contributed by atoms with Gasteiger partial charge in [0.05, 0.1) is 36.1 Å². The van der Waals surface area contributed by atoms with Crippen LogP contribution < -0.4 is 15.5 Å². The van der Waals surface area contributed by atoms with E-state index in [0.717, 1.165) is 18.7 Å². The van der Waals surface area contributed by atoms with Crippen LogP contribution in [0.2, 0.25) is 0 Å². The molecule has 0 radical (unpaired) electrons. The van der Waals surface area contributed by atoms with Gasteiger partial charge in [-0.25, -0.2) is 13.8 Å². The Kier molecular flexibility index (Phi) is 7.42. The van der Waals surface area contributed by atoms with Crippen LogP contribution in [-0.2, 0) is 0 Å². The Morgan fingerprint density at radius 2 is 1.93 bits per heavy atom. The van der Waals surface area contributed by atoms with Crippen LogP contribution in [-0.4, -0.2) is 75.9 Å². The van der Waals surface area contributed by atoms with Gasteiger partial charge in [0, 0.05) is 31.2 Å². The van der Waals surface area contributed by atoms with Crippen molar-refractivity contribution in [1.29, 1.82) is 5.26 Å². The molecule has 3 aromatic rings. The Hall–Kier alpha value is -4.48. The molecule has 2 saturated heterocycles. The molecule has 0 bridgehead atoms. The number of aromatic nitrogens is 3. The van der Waals surface area contributed by atoms with Crippen LogP contribution in [0, 0.1) is 23.2 Å². The van der Waals surface area contributed by atoms with E-state index in [-0.39, 0.29) is 24.9 Å². The lowest BCUT2D eigenvalue weighted by Gasteiger charge is -2.44. The predicted molar refractivity (Wildman–Crippen MR) is 149 cm³/mol. The molecule has 1 aromatic carbocycles. The number of nitrogen functional groups attached to an aromatic ring is 1. The van der Waals surface area contributed by atoms with Crippen molar-refractivity contribution in [3.05, 3.63) is 53.7 Å². The number of anilines is 3. The van der Waals surface area contributed by atoms with Crippen molar-refractivity contribution in [2.24, 2.45) is 0 Å². The van der Waals surface area contributed by atoms with Gasteiger partial charge < -0.3 is 20.6 Å². The number of alkyl halides is 2. The second-order valence-corrected chi connectivity index (χ2v) is 10.2. The molecule has 2 fully saturated rings. The monoisotopic (exact) mass is 544 g/mol. The van der Waals surface area contributed by atoms with Crippen LogP contribution in [0.1, 0.15) is 31.5 Å². The van der Waals surface area contributed by atoms with Crippen molar-refractivity contribution in [3.63, 3.8) is 0 Å². The van der Waals surface area contributed by atoms with Gasteiger partial charge in [-0.2, -0.15) is 5.26 Å². The Labute approximate surface area is 231 Å². The lowest BCUT2D eigenvalue weighted by atomic mass is 10.0. The van der Waals surface area contributed by atoms with E-state index < -0.39 is 12.0 Å². The van der Waals surface area contributed by atoms with Crippen molar-refractivity contribution < 1.29 is 13.9 Å². The molecule has 3 N–H and O–H groups in total. The molecule has 4 heterocycles. The average molecular weight is 545 g/mol. The lowest BCUT2D eigenvalue weighted by Crippen LogP contribution is -2.63. The Morgan fingerprint density at radius 1 is 1.12 bits per heavy atom. The van der Waals surface area contributed by atoms with Gasteiger partial charge in [-0.3, -0.25) is 4.90 Å². The predicted octanol–water partition coefficient (Wildman–Crippen LogP) is 3.49. The largest absolute Gasteiger partial charge is 0.507 e. The van der Waals surface area contributed by atoms with E-state index in [1.807, 2.05) is 18.2 Å². The van der Waals surface area contributed by atoms with Crippen LogP contribution in [0.25, 0.3) is 11.3 Å². The number of nitrogens with zero attached hydrogens (tertiary/aromatic N) is 7. The maximum absolute atomic E-state index is 13.5. The Morgan fingerprint density at radius 3 is 2.65 bits per heavy atom. The molecule has 0 spiro atoms. The fraction of sp³-hybridized carbons (Fsp3) is 0.379. The number of hydrogen-bond donors (Lipinski definition) is 2. The summed E-state index contributed by atoms with van der Waals surface area (Å²) in [5.41, 5.74) is 8.76. The smallest absolute Gasteiger partial charge is 0.275 e. The zero-order valence-corrected chi connectivity index (χ0v) is 22.3. The van der Waals surface area contributed by atoms with E-state index in [2.05, 4.69) is 44.8 Å². The Bertz CT molecular complexity index is 1510. The maximum Gasteiger partial charge on any atom is 0.275 e. The molecule has 0 aliphatic carbocycles. The van der Waals surface area contributed by atoms with E-state index in [0.29, 0.717) is 47.2 Å². The molecule has 2 aliphatic heterocycles. The molecule has 2 aliphatic rings. The standard InChI is InChI=1S/C29H30F2N8O/c1-19-11-13-37(25-16-24(35-36-28(25)33)22-6-3-4-8-26(22)40)14-15-39(19)27-10-9-21(17-32)23(34-27)7-5-12-38-18-29(30,31)20(38)2/h3-4,6,8-10,16,19-20,40H,11-15,18H2,1-2H3,(H2,33,36)/t19-,20+/m0/s1. The minimum atomic E-state index is -2.68. The van der Waals surface area contributed by atoms with Gasteiger partial charge in [-0.05, 0) is 56.5 Å². The number of para-hydroxylation sites is 1. The third-order valence-corrected chi connectivity index (χ3v) is 7.64. The zero-order chi connectivity index (χ0) is 28.4. The maximum atomic E-state index is 13.5. The van der Waals surface area contributed by atoms with Gasteiger partial charge in [-0.15, -0.1) is 10.2 Å². The normalized spacial score (nSPS) is 20.6. The summed E-state index contributed by atoms with van der Waals surface area (Å²) >= 11 is 0. The summed E-state index contributed by atoms with van der Waals surface area (Å²) in [6.07, 6.45) is 0.803. The number of nitriles is 1. The van der Waals surface area contributed by atoms with Gasteiger partial charge in [0.1, 0.15) is 23.3 Å². The van der Waals surface area contributed by atoms with Crippen molar-refractivity contribution in [1.82, 2.24) is 20.1 Å². The molecule has 0 amide bonds. The van der Waals surface area contributed by atoms with Crippen molar-refractivity contribution >= 4 is 17.3 Å². The SMILES string of the molecule is C[C@H]1CCN(c2cc(-c3ccccc3O)nnc2N)CCN1c1ccc(C#N)c(C#CCN2CC(F)(F)[C@H]2C)n1. The number of likely N-dealkylation sites (tertiary alicyclic amines) is 1. The fourth-order valence-electron chi connectivity index (χ4n) is 5.01. The van der Waals surface area contributed by atoms with E-state index >= 15 is 0 Å². The summed E-state index contributed by atoms with van der Waals surface area (Å²) in [6, 6.07) is 13.7. The summed E-state index contributed by atoms with van der Waals surface area (Å²) in [6.45, 7) is 5.44. The first-order valence-corrected chi connectivity index (χ1v) is 13.1. The first-order chi connectivity index (χ1) is 19.2. The van der Waals surface area contributed by atoms with Crippen LogP contribution in [0.3, 0.4) is 0 Å². The first kappa shape index (κ1) is 27.1. The second-order valence-electron chi connectivity index (χ2n) is 10.2. The van der Waals surface area contributed by atoms with Crippen LogP contribution >= 0.6 is 0 Å². The minimum absolute atomic E-state index is 0.117. The van der Waals surface area contributed by atoms with Crippen molar-refractivity contribution in [2.75, 3.05) is 48.3 Å². The highest BCUT2D eigenvalue weighted by Gasteiger charge is 2.51. The number of rotatable bonds is 4. The summed E-state index contributed by atoms with van der Waals surface area (Å²) in [5.74, 6) is 4.28. The summed E-state index contributed by atoms with van der Waals surface area (Å²) < 4.78 is 26.9. The van der Waals surface area contributed by atoms with E-state index in [1.165, 1.54) is 6.92 Å². The van der Waals surface area contributed by atoms with Crippen LogP contribution in [0.15, 0.2) is 42.5 Å². The Balaban J connectivity index is 1.34. The first-order valence-electron chi connectivity index (χ1n) is 13.1. The highest BCUT2D eigenvalue weighted by Crippen LogP contribution is 2.34. The van der Waals surface area contributed by atoms with Gasteiger partial charge in [-0.1, -0.05) is 18.1 Å². The van der Waals surface area contributed by atoms with Crippen LogP contribution in [0.4, 0.5) is 26.1 Å². The number of hydrogen-bond acceptors (Lipinski definition) is 9. The minimum Gasteiger partial charge on any atom is -0.507 e. The number of phenolic OH excluding ortho intramolecular Hbond substituents is 1.